The van der Waals surface area contributed by atoms with Crippen LogP contribution in [-0.2, 0) is 22.6 Å². The Labute approximate surface area is 111 Å². The Balaban J connectivity index is 2.12. The van der Waals surface area contributed by atoms with Gasteiger partial charge < -0.3 is 16.2 Å². The van der Waals surface area contributed by atoms with Gasteiger partial charge in [-0.25, -0.2) is 4.39 Å². The molecule has 4 N–H and O–H groups in total. The zero-order chi connectivity index (χ0) is 13.8. The summed E-state index contributed by atoms with van der Waals surface area (Å²) in [5, 5.41) is 0. The minimum Gasteiger partial charge on any atom is -0.378 e. The lowest BCUT2D eigenvalue weighted by atomic mass is 10.1. The van der Waals surface area contributed by atoms with Gasteiger partial charge in [0.15, 0.2) is 0 Å². The second-order valence-electron chi connectivity index (χ2n) is 4.59. The SMILES string of the molecule is NCc1ccc(CN2CCOCC2C(N)=O)c(F)c1. The van der Waals surface area contributed by atoms with Crippen molar-refractivity contribution < 1.29 is 13.9 Å². The van der Waals surface area contributed by atoms with Crippen molar-refractivity contribution in [2.75, 3.05) is 19.8 Å². The van der Waals surface area contributed by atoms with Gasteiger partial charge in [-0.3, -0.25) is 9.69 Å². The summed E-state index contributed by atoms with van der Waals surface area (Å²) < 4.78 is 19.1. The highest BCUT2D eigenvalue weighted by atomic mass is 19.1. The highest BCUT2D eigenvalue weighted by molar-refractivity contribution is 5.80. The highest BCUT2D eigenvalue weighted by Crippen LogP contribution is 2.16. The maximum Gasteiger partial charge on any atom is 0.237 e. The Kier molecular flexibility index (Phi) is 4.47. The minimum absolute atomic E-state index is 0.262. The molecule has 6 heteroatoms. The van der Waals surface area contributed by atoms with Gasteiger partial charge in [0.1, 0.15) is 11.9 Å². The number of carbonyl (C=O) groups is 1. The fourth-order valence-corrected chi connectivity index (χ4v) is 2.15. The van der Waals surface area contributed by atoms with Crippen molar-refractivity contribution in [3.8, 4) is 0 Å². The number of carbonyl (C=O) groups excluding carboxylic acids is 1. The predicted molar refractivity (Wildman–Crippen MR) is 68.5 cm³/mol. The van der Waals surface area contributed by atoms with E-state index in [1.165, 1.54) is 6.07 Å². The van der Waals surface area contributed by atoms with E-state index in [2.05, 4.69) is 0 Å². The van der Waals surface area contributed by atoms with Crippen molar-refractivity contribution in [3.05, 3.63) is 35.1 Å². The van der Waals surface area contributed by atoms with Gasteiger partial charge in [-0.05, 0) is 11.6 Å². The van der Waals surface area contributed by atoms with Crippen molar-refractivity contribution in [1.29, 1.82) is 0 Å². The molecule has 1 unspecified atom stereocenters. The first-order valence-corrected chi connectivity index (χ1v) is 6.20. The topological polar surface area (TPSA) is 81.6 Å². The summed E-state index contributed by atoms with van der Waals surface area (Å²) in [7, 11) is 0. The fraction of sp³-hybridized carbons (Fsp3) is 0.462. The number of morpholine rings is 1. The first-order valence-electron chi connectivity index (χ1n) is 6.20. The van der Waals surface area contributed by atoms with Gasteiger partial charge in [0.05, 0.1) is 13.2 Å². The van der Waals surface area contributed by atoms with Crippen molar-refractivity contribution in [2.24, 2.45) is 11.5 Å². The molecule has 2 rings (SSSR count). The molecule has 0 aromatic heterocycles. The second kappa shape index (κ2) is 6.10. The zero-order valence-corrected chi connectivity index (χ0v) is 10.6. The highest BCUT2D eigenvalue weighted by Gasteiger charge is 2.28. The number of amides is 1. The second-order valence-corrected chi connectivity index (χ2v) is 4.59. The van der Waals surface area contributed by atoms with E-state index < -0.39 is 11.9 Å². The number of nitrogens with two attached hydrogens (primary N) is 2. The summed E-state index contributed by atoms with van der Waals surface area (Å²) >= 11 is 0. The van der Waals surface area contributed by atoms with Crippen molar-refractivity contribution >= 4 is 5.91 Å². The van der Waals surface area contributed by atoms with Gasteiger partial charge in [0.2, 0.25) is 5.91 Å². The van der Waals surface area contributed by atoms with Crippen LogP contribution in [0.2, 0.25) is 0 Å². The summed E-state index contributed by atoms with van der Waals surface area (Å²) in [4.78, 5) is 13.2. The van der Waals surface area contributed by atoms with Gasteiger partial charge >= 0.3 is 0 Å². The average Bonchev–Trinajstić information content (AvgIpc) is 2.41. The Morgan fingerprint density at radius 2 is 2.32 bits per heavy atom. The van der Waals surface area contributed by atoms with Crippen LogP contribution < -0.4 is 11.5 Å². The summed E-state index contributed by atoms with van der Waals surface area (Å²) in [6.07, 6.45) is 0. The van der Waals surface area contributed by atoms with Crippen LogP contribution in [0.5, 0.6) is 0 Å². The first kappa shape index (κ1) is 13.9. The largest absolute Gasteiger partial charge is 0.378 e. The molecule has 1 fully saturated rings. The van der Waals surface area contributed by atoms with E-state index in [0.717, 1.165) is 5.56 Å². The molecule has 0 aliphatic carbocycles. The lowest BCUT2D eigenvalue weighted by molar-refractivity contribution is -0.129. The molecule has 0 saturated carbocycles. The van der Waals surface area contributed by atoms with E-state index in [9.17, 15) is 9.18 Å². The normalized spacial score (nSPS) is 20.4. The Hall–Kier alpha value is -1.50. The molecule has 1 amide bonds. The molecule has 1 heterocycles. The number of halogens is 1. The van der Waals surface area contributed by atoms with Crippen LogP contribution in [-0.4, -0.2) is 36.6 Å². The molecule has 5 nitrogen and oxygen atoms in total. The first-order chi connectivity index (χ1) is 9.11. The molecular formula is C13H18FN3O2. The Morgan fingerprint density at radius 3 is 2.95 bits per heavy atom. The number of ether oxygens (including phenoxy) is 1. The lowest BCUT2D eigenvalue weighted by Crippen LogP contribution is -2.51. The molecule has 0 radical (unpaired) electrons. The number of rotatable bonds is 4. The van der Waals surface area contributed by atoms with E-state index in [4.69, 9.17) is 16.2 Å². The van der Waals surface area contributed by atoms with Crippen LogP contribution in [0.25, 0.3) is 0 Å². The number of benzene rings is 1. The van der Waals surface area contributed by atoms with E-state index in [-0.39, 0.29) is 12.4 Å². The van der Waals surface area contributed by atoms with Gasteiger partial charge in [-0.1, -0.05) is 12.1 Å². The zero-order valence-electron chi connectivity index (χ0n) is 10.6. The maximum absolute atomic E-state index is 13.9. The molecule has 0 spiro atoms. The van der Waals surface area contributed by atoms with Crippen LogP contribution in [0.1, 0.15) is 11.1 Å². The van der Waals surface area contributed by atoms with Gasteiger partial charge in [0, 0.05) is 25.2 Å². The Bertz CT molecular complexity index is 467. The minimum atomic E-state index is -0.498. The van der Waals surface area contributed by atoms with Gasteiger partial charge in [-0.15, -0.1) is 0 Å². The summed E-state index contributed by atoms with van der Waals surface area (Å²) in [5.74, 6) is -0.753. The third-order valence-electron chi connectivity index (χ3n) is 3.29. The molecule has 1 aromatic rings. The van der Waals surface area contributed by atoms with E-state index >= 15 is 0 Å². The van der Waals surface area contributed by atoms with Crippen LogP contribution in [0, 0.1) is 5.82 Å². The fourth-order valence-electron chi connectivity index (χ4n) is 2.15. The van der Waals surface area contributed by atoms with Crippen molar-refractivity contribution in [1.82, 2.24) is 4.90 Å². The Morgan fingerprint density at radius 1 is 1.53 bits per heavy atom. The van der Waals surface area contributed by atoms with Crippen LogP contribution in [0.3, 0.4) is 0 Å². The molecule has 0 bridgehead atoms. The van der Waals surface area contributed by atoms with Crippen LogP contribution in [0.15, 0.2) is 18.2 Å². The monoisotopic (exact) mass is 267 g/mol. The van der Waals surface area contributed by atoms with Crippen molar-refractivity contribution in [2.45, 2.75) is 19.1 Å². The molecule has 1 atom stereocenters. The smallest absolute Gasteiger partial charge is 0.237 e. The quantitative estimate of drug-likeness (QED) is 0.802. The standard InChI is InChI=1S/C13H18FN3O2/c14-11-5-9(6-15)1-2-10(11)7-17-3-4-19-8-12(17)13(16)18/h1-2,5,12H,3-4,6-8,15H2,(H2,16,18). The summed E-state index contributed by atoms with van der Waals surface area (Å²) in [5.41, 5.74) is 12.1. The maximum atomic E-state index is 13.9. The molecular weight excluding hydrogens is 249 g/mol. The molecule has 104 valence electrons. The molecule has 1 saturated heterocycles. The average molecular weight is 267 g/mol. The number of primary amides is 1. The predicted octanol–water partition coefficient (Wildman–Crippen LogP) is -0.0295. The summed E-state index contributed by atoms with van der Waals surface area (Å²) in [6, 6.07) is 4.42. The van der Waals surface area contributed by atoms with Crippen LogP contribution in [0.4, 0.5) is 4.39 Å². The molecule has 19 heavy (non-hydrogen) atoms. The van der Waals surface area contributed by atoms with E-state index in [1.807, 2.05) is 4.90 Å². The third-order valence-corrected chi connectivity index (χ3v) is 3.29. The van der Waals surface area contributed by atoms with Crippen molar-refractivity contribution in [3.63, 3.8) is 0 Å². The molecule has 1 aliphatic heterocycles. The lowest BCUT2D eigenvalue weighted by Gasteiger charge is -2.33. The molecule has 1 aromatic carbocycles. The number of hydrogen-bond donors (Lipinski definition) is 2. The third kappa shape index (κ3) is 3.28. The molecule has 1 aliphatic rings. The van der Waals surface area contributed by atoms with Crippen LogP contribution >= 0.6 is 0 Å². The number of hydrogen-bond acceptors (Lipinski definition) is 4. The summed E-state index contributed by atoms with van der Waals surface area (Å²) in [6.45, 7) is 1.99. The number of nitrogens with zero attached hydrogens (tertiary/aromatic N) is 1. The van der Waals surface area contributed by atoms with Gasteiger partial charge in [0.25, 0.3) is 0 Å². The van der Waals surface area contributed by atoms with E-state index in [0.29, 0.717) is 31.8 Å². The van der Waals surface area contributed by atoms with E-state index in [1.54, 1.807) is 12.1 Å². The van der Waals surface area contributed by atoms with Gasteiger partial charge in [-0.2, -0.15) is 0 Å².